The van der Waals surface area contributed by atoms with E-state index in [1.165, 1.54) is 5.56 Å². The first-order chi connectivity index (χ1) is 27.4. The standard InChI is InChI=1S/C25H38N5O2.2C10H8N2.Ru/c1-4-14-27-22(18-20(2)3)23-19-21(12-17-28-23)9-5-6-15-29-24(31)10-7-11-25(32)30-16-8-13-26;2*1-3-7-11-9(5-1)10-6-2-4-8-12-10;/h4,12,14,17-19,26H,5-11,13,15-16H2,1-3H3,(H,29,31)(H,30,32);2*1-8H;/q-1;;;+3/p-2/b14-4+,27-22?;;;. The molecule has 0 aliphatic carbocycles. The molecule has 297 valence electrons. The maximum atomic E-state index is 11.8. The molecule has 0 unspecified atom stereocenters. The van der Waals surface area contributed by atoms with E-state index in [2.05, 4.69) is 46.0 Å². The summed E-state index contributed by atoms with van der Waals surface area (Å²) in [6, 6.07) is 27.3. The number of pyridine rings is 5. The summed E-state index contributed by atoms with van der Waals surface area (Å²) in [5.41, 5.74) is 14.7. The Morgan fingerprint density at radius 2 is 1.12 bits per heavy atom. The van der Waals surface area contributed by atoms with Gasteiger partial charge in [-0.2, -0.15) is 0 Å². The molecule has 5 aromatic rings. The van der Waals surface area contributed by atoms with Crippen molar-refractivity contribution in [3.8, 4) is 22.8 Å². The summed E-state index contributed by atoms with van der Waals surface area (Å²) in [5, 5.41) is 23.4. The zero-order valence-corrected chi connectivity index (χ0v) is 34.8. The van der Waals surface area contributed by atoms with E-state index in [1.807, 2.05) is 118 Å². The predicted molar refractivity (Wildman–Crippen MR) is 225 cm³/mol. The van der Waals surface area contributed by atoms with Crippen molar-refractivity contribution in [2.24, 2.45) is 15.0 Å². The topological polar surface area (TPSA) is 171 Å². The summed E-state index contributed by atoms with van der Waals surface area (Å²) >= 11 is 0. The Bertz CT molecular complexity index is 1800. The van der Waals surface area contributed by atoms with E-state index in [1.54, 1.807) is 31.0 Å². The molecule has 0 bridgehead atoms. The molecule has 12 heteroatoms. The van der Waals surface area contributed by atoms with E-state index in [0.717, 1.165) is 59.0 Å². The molecule has 0 saturated heterocycles. The van der Waals surface area contributed by atoms with Gasteiger partial charge in [-0.05, 0) is 143 Å². The number of aromatic nitrogens is 5. The summed E-state index contributed by atoms with van der Waals surface area (Å²) in [4.78, 5) is 33.6. The molecule has 0 spiro atoms. The second kappa shape index (κ2) is 29.7. The van der Waals surface area contributed by atoms with Crippen LogP contribution in [0.25, 0.3) is 28.5 Å². The van der Waals surface area contributed by atoms with Crippen LogP contribution in [0.4, 0.5) is 0 Å². The second-order valence-electron chi connectivity index (χ2n) is 12.6. The van der Waals surface area contributed by atoms with Crippen molar-refractivity contribution >= 4 is 17.5 Å². The van der Waals surface area contributed by atoms with Crippen LogP contribution in [0.2, 0.25) is 0 Å². The number of aliphatic imine (C=N–C) groups is 3. The van der Waals surface area contributed by atoms with Crippen molar-refractivity contribution in [1.29, 1.82) is 0 Å². The van der Waals surface area contributed by atoms with Crippen LogP contribution in [0.5, 0.6) is 0 Å². The van der Waals surface area contributed by atoms with Crippen molar-refractivity contribution in [2.75, 3.05) is 19.6 Å². The number of nitrogens with one attached hydrogen (secondary N) is 1. The van der Waals surface area contributed by atoms with E-state index in [-0.39, 0.29) is 50.7 Å². The fraction of sp³-hybridized carbons (Fsp3) is 0.289. The molecule has 5 aromatic heterocycles. The minimum absolute atomic E-state index is 0. The van der Waals surface area contributed by atoms with Gasteiger partial charge < -0.3 is 25.9 Å². The van der Waals surface area contributed by atoms with Crippen LogP contribution in [-0.4, -0.2) is 62.1 Å². The van der Waals surface area contributed by atoms with Gasteiger partial charge in [0.2, 0.25) is 0 Å². The van der Waals surface area contributed by atoms with E-state index < -0.39 is 0 Å². The average molecular weight is 852 g/mol. The van der Waals surface area contributed by atoms with Crippen molar-refractivity contribution in [2.45, 2.75) is 65.7 Å². The monoisotopic (exact) mass is 852 g/mol. The van der Waals surface area contributed by atoms with E-state index in [0.29, 0.717) is 25.9 Å². The molecule has 0 atom stereocenters. The molecule has 1 radical (unpaired) electrons. The van der Waals surface area contributed by atoms with Gasteiger partial charge in [0, 0.05) is 50.3 Å². The molecule has 5 rings (SSSR count). The molecule has 0 aliphatic rings. The van der Waals surface area contributed by atoms with E-state index in [4.69, 9.17) is 5.73 Å². The van der Waals surface area contributed by atoms with Gasteiger partial charge in [-0.3, -0.25) is 29.9 Å². The smallest absolute Gasteiger partial charge is 0.862 e. The Kier molecular flexibility index (Phi) is 24.8. The van der Waals surface area contributed by atoms with Gasteiger partial charge in [-0.25, -0.2) is 0 Å². The number of unbranched alkanes of at least 4 members (excludes halogenated alkanes) is 1. The van der Waals surface area contributed by atoms with Crippen LogP contribution < -0.4 is 10.2 Å². The van der Waals surface area contributed by atoms with Gasteiger partial charge >= 0.3 is 19.5 Å². The number of rotatable bonds is 17. The van der Waals surface area contributed by atoms with Crippen LogP contribution in [0.1, 0.15) is 70.6 Å². The van der Waals surface area contributed by atoms with E-state index in [9.17, 15) is 10.2 Å². The van der Waals surface area contributed by atoms with Gasteiger partial charge in [-0.1, -0.05) is 42.3 Å². The molecule has 57 heavy (non-hydrogen) atoms. The van der Waals surface area contributed by atoms with Crippen LogP contribution in [0.15, 0.2) is 155 Å². The summed E-state index contributed by atoms with van der Waals surface area (Å²) in [5.74, 6) is -0.340. The first-order valence-corrected chi connectivity index (χ1v) is 18.9. The fourth-order valence-electron chi connectivity index (χ4n) is 4.91. The molecule has 1 N–H and O–H groups in total. The third-order valence-electron chi connectivity index (χ3n) is 7.63. The van der Waals surface area contributed by atoms with Gasteiger partial charge in [0.1, 0.15) is 0 Å². The summed E-state index contributed by atoms with van der Waals surface area (Å²) in [7, 11) is 0. The number of allylic oxidation sites excluding steroid dienone is 3. The first-order valence-electron chi connectivity index (χ1n) is 18.9. The predicted octanol–water partition coefficient (Wildman–Crippen LogP) is 8.11. The zero-order valence-electron chi connectivity index (χ0n) is 33.0. The maximum absolute atomic E-state index is 11.8. The second-order valence-corrected chi connectivity index (χ2v) is 12.6. The van der Waals surface area contributed by atoms with Crippen LogP contribution >= 0.6 is 0 Å². The van der Waals surface area contributed by atoms with Gasteiger partial charge in [0.05, 0.1) is 34.2 Å². The summed E-state index contributed by atoms with van der Waals surface area (Å²) in [6.07, 6.45) is 18.8. The molecule has 11 nitrogen and oxygen atoms in total. The minimum atomic E-state index is -0.188. The molecule has 0 fully saturated rings. The quantitative estimate of drug-likeness (QED) is 0.0394. The van der Waals surface area contributed by atoms with Crippen LogP contribution in [0.3, 0.4) is 0 Å². The molecule has 0 amide bonds. The van der Waals surface area contributed by atoms with Gasteiger partial charge in [-0.15, -0.1) is 6.54 Å². The third kappa shape index (κ3) is 20.8. The summed E-state index contributed by atoms with van der Waals surface area (Å²) in [6.45, 7) is 7.19. The Balaban J connectivity index is 0.000000359. The molecule has 0 saturated carbocycles. The average Bonchev–Trinajstić information content (AvgIpc) is 3.24. The molecule has 0 aliphatic heterocycles. The zero-order chi connectivity index (χ0) is 40.1. The maximum Gasteiger partial charge on any atom is 3.00 e. The Hall–Kier alpha value is -5.58. The van der Waals surface area contributed by atoms with Crippen molar-refractivity contribution in [3.63, 3.8) is 0 Å². The van der Waals surface area contributed by atoms with E-state index >= 15 is 0 Å². The molecule has 5 heterocycles. The first kappa shape index (κ1) is 47.6. The SMILES string of the molecule is C/C=C/N=C(C=C(C)C)c1cc(CCCCN=C([O-])CCCC([O-])=NCCC[NH-])ccn1.[Ru+3].c1ccc(-c2ccccn2)nc1.c1ccc(-c2ccccn2)nc1. The minimum Gasteiger partial charge on any atom is -0.862 e. The number of hydrogen-bond acceptors (Lipinski definition) is 10. The van der Waals surface area contributed by atoms with Crippen LogP contribution in [0, 0.1) is 0 Å². The normalized spacial score (nSPS) is 11.4. The van der Waals surface area contributed by atoms with Gasteiger partial charge in [0.15, 0.2) is 0 Å². The molecular formula is C45H52N9O2Ru. The number of hydrogen-bond donors (Lipinski definition) is 0. The Labute approximate surface area is 350 Å². The Morgan fingerprint density at radius 3 is 1.54 bits per heavy atom. The van der Waals surface area contributed by atoms with Gasteiger partial charge in [0.25, 0.3) is 0 Å². The Morgan fingerprint density at radius 1 is 0.632 bits per heavy atom. The number of aryl methyl sites for hydroxylation is 1. The largest absolute Gasteiger partial charge is 3.00 e. The molecular weight excluding hydrogens is 800 g/mol. The van der Waals surface area contributed by atoms with Crippen molar-refractivity contribution in [3.05, 3.63) is 157 Å². The summed E-state index contributed by atoms with van der Waals surface area (Å²) < 4.78 is 0. The number of nitrogens with zero attached hydrogens (tertiary/aromatic N) is 8. The molecule has 0 aromatic carbocycles. The van der Waals surface area contributed by atoms with Crippen molar-refractivity contribution < 1.29 is 29.7 Å². The van der Waals surface area contributed by atoms with Crippen molar-refractivity contribution in [1.82, 2.24) is 24.9 Å². The van der Waals surface area contributed by atoms with Crippen LogP contribution in [-0.2, 0) is 25.9 Å². The third-order valence-corrected chi connectivity index (χ3v) is 7.63. The fourth-order valence-corrected chi connectivity index (χ4v) is 4.91.